The lowest BCUT2D eigenvalue weighted by molar-refractivity contribution is -0.137. The van der Waals surface area contributed by atoms with E-state index in [1.165, 1.54) is 0 Å². The molecule has 1 atom stereocenters. The molecule has 8 heteroatoms. The lowest BCUT2D eigenvalue weighted by Gasteiger charge is -2.30. The molecule has 0 aromatic heterocycles. The molecule has 2 fully saturated rings. The number of carbonyl (C=O) groups is 4. The van der Waals surface area contributed by atoms with Gasteiger partial charge in [0.1, 0.15) is 6.04 Å². The van der Waals surface area contributed by atoms with Crippen molar-refractivity contribution < 1.29 is 19.2 Å². The zero-order chi connectivity index (χ0) is 19.8. The molecule has 28 heavy (non-hydrogen) atoms. The molecule has 0 saturated carbocycles. The molecule has 1 aromatic carbocycles. The Kier molecular flexibility index (Phi) is 4.89. The van der Waals surface area contributed by atoms with Gasteiger partial charge in [-0.1, -0.05) is 12.1 Å². The fourth-order valence-corrected chi connectivity index (χ4v) is 4.36. The molecular weight excluding hydrogens is 360 g/mol. The van der Waals surface area contributed by atoms with Crippen LogP contribution in [-0.4, -0.2) is 52.6 Å². The Morgan fingerprint density at radius 2 is 1.89 bits per heavy atom. The molecule has 1 unspecified atom stereocenters. The summed E-state index contributed by atoms with van der Waals surface area (Å²) in [5.74, 6) is -1.08. The first-order valence-electron chi connectivity index (χ1n) is 9.70. The van der Waals surface area contributed by atoms with Crippen LogP contribution in [0.2, 0.25) is 0 Å². The first-order chi connectivity index (χ1) is 13.4. The fraction of sp³-hybridized carbons (Fsp3) is 0.500. The van der Waals surface area contributed by atoms with Gasteiger partial charge in [0.15, 0.2) is 0 Å². The summed E-state index contributed by atoms with van der Waals surface area (Å²) in [6.07, 6.45) is 2.18. The van der Waals surface area contributed by atoms with Gasteiger partial charge in [0.05, 0.1) is 0 Å². The van der Waals surface area contributed by atoms with Crippen LogP contribution in [-0.2, 0) is 27.5 Å². The molecular formula is C20H24N4O4. The summed E-state index contributed by atoms with van der Waals surface area (Å²) >= 11 is 0. The average Bonchev–Trinajstić information content (AvgIpc) is 2.98. The smallest absolute Gasteiger partial charge is 0.255 e. The fourth-order valence-electron chi connectivity index (χ4n) is 4.36. The minimum atomic E-state index is -0.589. The van der Waals surface area contributed by atoms with E-state index in [2.05, 4.69) is 10.2 Å². The number of benzene rings is 1. The maximum atomic E-state index is 12.7. The standard InChI is InChI=1S/C20H24N4O4/c21-18(26)13-5-7-23(8-6-13)10-12-1-2-15-14(9-12)11-24(20(15)28)16-3-4-17(25)22-19(16)27/h1-2,9,13,16H,3-8,10-11H2,(H2,21,26)(H,22,25,27). The Balaban J connectivity index is 1.42. The van der Waals surface area contributed by atoms with Crippen molar-refractivity contribution in [1.82, 2.24) is 15.1 Å². The lowest BCUT2D eigenvalue weighted by atomic mass is 9.96. The molecule has 3 aliphatic rings. The molecule has 0 radical (unpaired) electrons. The number of fused-ring (bicyclic) bond motifs is 1. The van der Waals surface area contributed by atoms with Gasteiger partial charge in [-0.25, -0.2) is 0 Å². The zero-order valence-electron chi connectivity index (χ0n) is 15.6. The molecule has 3 heterocycles. The number of nitrogens with zero attached hydrogens (tertiary/aromatic N) is 2. The molecule has 0 spiro atoms. The van der Waals surface area contributed by atoms with Crippen molar-refractivity contribution in [1.29, 1.82) is 0 Å². The average molecular weight is 384 g/mol. The predicted molar refractivity (Wildman–Crippen MR) is 99.7 cm³/mol. The first-order valence-corrected chi connectivity index (χ1v) is 9.70. The van der Waals surface area contributed by atoms with Gasteiger partial charge in [0.25, 0.3) is 5.91 Å². The lowest BCUT2D eigenvalue weighted by Crippen LogP contribution is -2.52. The highest BCUT2D eigenvalue weighted by Crippen LogP contribution is 2.29. The Morgan fingerprint density at radius 1 is 1.14 bits per heavy atom. The number of carbonyl (C=O) groups excluding carboxylic acids is 4. The van der Waals surface area contributed by atoms with E-state index < -0.39 is 11.9 Å². The van der Waals surface area contributed by atoms with E-state index >= 15 is 0 Å². The molecule has 148 valence electrons. The van der Waals surface area contributed by atoms with E-state index in [0.717, 1.165) is 43.6 Å². The van der Waals surface area contributed by atoms with Crippen LogP contribution < -0.4 is 11.1 Å². The number of amides is 4. The van der Waals surface area contributed by atoms with Crippen molar-refractivity contribution in [2.45, 2.75) is 44.8 Å². The number of piperidine rings is 2. The molecule has 4 amide bonds. The number of hydrogen-bond acceptors (Lipinski definition) is 5. The number of rotatable bonds is 4. The van der Waals surface area contributed by atoms with E-state index in [4.69, 9.17) is 5.73 Å². The number of hydrogen-bond donors (Lipinski definition) is 2. The van der Waals surface area contributed by atoms with Gasteiger partial charge in [0.2, 0.25) is 17.7 Å². The van der Waals surface area contributed by atoms with Crippen LogP contribution in [0.5, 0.6) is 0 Å². The summed E-state index contributed by atoms with van der Waals surface area (Å²) < 4.78 is 0. The number of nitrogens with two attached hydrogens (primary N) is 1. The molecule has 0 bridgehead atoms. The van der Waals surface area contributed by atoms with Gasteiger partial charge in [0, 0.05) is 31.0 Å². The molecule has 2 saturated heterocycles. The Bertz CT molecular complexity index is 845. The quantitative estimate of drug-likeness (QED) is 0.718. The number of imide groups is 1. The summed E-state index contributed by atoms with van der Waals surface area (Å²) in [5, 5.41) is 2.32. The van der Waals surface area contributed by atoms with Crippen LogP contribution in [0.3, 0.4) is 0 Å². The van der Waals surface area contributed by atoms with Crippen molar-refractivity contribution in [2.75, 3.05) is 13.1 Å². The second kappa shape index (κ2) is 7.35. The third-order valence-corrected chi connectivity index (χ3v) is 5.98. The predicted octanol–water partition coefficient (Wildman–Crippen LogP) is 0.145. The van der Waals surface area contributed by atoms with Crippen LogP contribution in [0.4, 0.5) is 0 Å². The second-order valence-corrected chi connectivity index (χ2v) is 7.84. The van der Waals surface area contributed by atoms with Gasteiger partial charge in [-0.15, -0.1) is 0 Å². The molecule has 4 rings (SSSR count). The Hall–Kier alpha value is -2.74. The van der Waals surface area contributed by atoms with Crippen LogP contribution in [0.15, 0.2) is 18.2 Å². The Morgan fingerprint density at radius 3 is 2.57 bits per heavy atom. The monoisotopic (exact) mass is 384 g/mol. The minimum Gasteiger partial charge on any atom is -0.369 e. The summed E-state index contributed by atoms with van der Waals surface area (Å²) in [5.41, 5.74) is 8.04. The third-order valence-electron chi connectivity index (χ3n) is 5.98. The van der Waals surface area contributed by atoms with Crippen LogP contribution >= 0.6 is 0 Å². The van der Waals surface area contributed by atoms with E-state index in [1.807, 2.05) is 18.2 Å². The van der Waals surface area contributed by atoms with E-state index in [0.29, 0.717) is 18.5 Å². The molecule has 8 nitrogen and oxygen atoms in total. The summed E-state index contributed by atoms with van der Waals surface area (Å²) in [6.45, 7) is 2.79. The minimum absolute atomic E-state index is 0.0315. The van der Waals surface area contributed by atoms with Crippen molar-refractivity contribution in [3.8, 4) is 0 Å². The van der Waals surface area contributed by atoms with Crippen molar-refractivity contribution in [3.63, 3.8) is 0 Å². The number of primary amides is 1. The third kappa shape index (κ3) is 3.52. The number of nitrogens with one attached hydrogen (secondary N) is 1. The normalized spacial score (nSPS) is 23.6. The molecule has 3 aliphatic heterocycles. The van der Waals surface area contributed by atoms with Crippen LogP contribution in [0.1, 0.15) is 47.2 Å². The van der Waals surface area contributed by atoms with E-state index in [9.17, 15) is 19.2 Å². The van der Waals surface area contributed by atoms with E-state index in [1.54, 1.807) is 4.90 Å². The largest absolute Gasteiger partial charge is 0.369 e. The summed E-state index contributed by atoms with van der Waals surface area (Å²) in [6, 6.07) is 5.22. The van der Waals surface area contributed by atoms with Gasteiger partial charge < -0.3 is 10.6 Å². The summed E-state index contributed by atoms with van der Waals surface area (Å²) in [4.78, 5) is 51.4. The van der Waals surface area contributed by atoms with Gasteiger partial charge >= 0.3 is 0 Å². The molecule has 1 aromatic rings. The van der Waals surface area contributed by atoms with Crippen LogP contribution in [0.25, 0.3) is 0 Å². The SMILES string of the molecule is NC(=O)C1CCN(Cc2ccc3c(c2)CN(C2CCC(=O)NC2=O)C3=O)CC1. The molecule has 0 aliphatic carbocycles. The highest BCUT2D eigenvalue weighted by Gasteiger charge is 2.39. The maximum absolute atomic E-state index is 12.7. The van der Waals surface area contributed by atoms with Crippen LogP contribution in [0, 0.1) is 5.92 Å². The highest BCUT2D eigenvalue weighted by molar-refractivity contribution is 6.05. The van der Waals surface area contributed by atoms with Gasteiger partial charge in [-0.2, -0.15) is 0 Å². The topological polar surface area (TPSA) is 113 Å². The van der Waals surface area contributed by atoms with Gasteiger partial charge in [-0.3, -0.25) is 29.4 Å². The summed E-state index contributed by atoms with van der Waals surface area (Å²) in [7, 11) is 0. The zero-order valence-corrected chi connectivity index (χ0v) is 15.6. The van der Waals surface area contributed by atoms with Crippen molar-refractivity contribution >= 4 is 23.6 Å². The van der Waals surface area contributed by atoms with E-state index in [-0.39, 0.29) is 30.1 Å². The molecule has 3 N–H and O–H groups in total. The number of likely N-dealkylation sites (tertiary alicyclic amines) is 1. The first kappa shape index (κ1) is 18.6. The second-order valence-electron chi connectivity index (χ2n) is 7.84. The highest BCUT2D eigenvalue weighted by atomic mass is 16.2. The van der Waals surface area contributed by atoms with Gasteiger partial charge in [-0.05, 0) is 49.5 Å². The van der Waals surface area contributed by atoms with Crippen molar-refractivity contribution in [3.05, 3.63) is 34.9 Å². The maximum Gasteiger partial charge on any atom is 0.255 e. The Labute approximate surface area is 163 Å². The van der Waals surface area contributed by atoms with Crippen molar-refractivity contribution in [2.24, 2.45) is 11.7 Å².